The standard InChI is InChI=1S/C15H22O4/c1-11(18-12-7-5-3-4-6-8-12)13-9-10-14(19-13)15(16)17-2/h9-12H,3-8H2,1-2H3. The topological polar surface area (TPSA) is 48.7 Å². The smallest absolute Gasteiger partial charge is 0.373 e. The summed E-state index contributed by atoms with van der Waals surface area (Å²) in [5.74, 6) is 0.464. The summed E-state index contributed by atoms with van der Waals surface area (Å²) in [6, 6.07) is 3.42. The van der Waals surface area contributed by atoms with Gasteiger partial charge in [0.1, 0.15) is 11.9 Å². The van der Waals surface area contributed by atoms with Gasteiger partial charge in [-0.1, -0.05) is 25.7 Å². The number of ether oxygens (including phenoxy) is 2. The molecule has 0 bridgehead atoms. The maximum atomic E-state index is 11.3. The van der Waals surface area contributed by atoms with Crippen LogP contribution >= 0.6 is 0 Å². The number of furan rings is 1. The van der Waals surface area contributed by atoms with Gasteiger partial charge in [-0.3, -0.25) is 0 Å². The Hall–Kier alpha value is -1.29. The van der Waals surface area contributed by atoms with Crippen molar-refractivity contribution in [2.24, 2.45) is 0 Å². The zero-order valence-electron chi connectivity index (χ0n) is 11.7. The molecule has 4 heteroatoms. The Balaban J connectivity index is 1.93. The summed E-state index contributed by atoms with van der Waals surface area (Å²) in [6.07, 6.45) is 7.52. The second-order valence-electron chi connectivity index (χ2n) is 5.09. The summed E-state index contributed by atoms with van der Waals surface area (Å²) in [6.45, 7) is 1.96. The minimum absolute atomic E-state index is 0.124. The molecule has 0 radical (unpaired) electrons. The molecule has 1 heterocycles. The van der Waals surface area contributed by atoms with E-state index in [-0.39, 0.29) is 11.9 Å². The highest BCUT2D eigenvalue weighted by Gasteiger charge is 2.20. The van der Waals surface area contributed by atoms with E-state index in [9.17, 15) is 4.79 Å². The van der Waals surface area contributed by atoms with Crippen LogP contribution in [-0.2, 0) is 9.47 Å². The average Bonchev–Trinajstić information content (AvgIpc) is 2.78. The monoisotopic (exact) mass is 266 g/mol. The van der Waals surface area contributed by atoms with E-state index in [1.54, 1.807) is 12.1 Å². The fraction of sp³-hybridized carbons (Fsp3) is 0.667. The van der Waals surface area contributed by atoms with Crippen LogP contribution in [0.1, 0.15) is 67.9 Å². The number of hydrogen-bond donors (Lipinski definition) is 0. The van der Waals surface area contributed by atoms with E-state index in [1.165, 1.54) is 32.8 Å². The van der Waals surface area contributed by atoms with Gasteiger partial charge in [-0.15, -0.1) is 0 Å². The third-order valence-corrected chi connectivity index (χ3v) is 3.61. The number of carbonyl (C=O) groups excluding carboxylic acids is 1. The van der Waals surface area contributed by atoms with E-state index in [1.807, 2.05) is 6.92 Å². The maximum absolute atomic E-state index is 11.3. The van der Waals surface area contributed by atoms with Gasteiger partial charge in [-0.2, -0.15) is 0 Å². The second kappa shape index (κ2) is 6.75. The molecule has 1 atom stereocenters. The summed E-state index contributed by atoms with van der Waals surface area (Å²) in [5, 5.41) is 0. The number of esters is 1. The molecule has 1 saturated carbocycles. The molecule has 0 amide bonds. The van der Waals surface area contributed by atoms with E-state index in [2.05, 4.69) is 4.74 Å². The van der Waals surface area contributed by atoms with E-state index in [4.69, 9.17) is 9.15 Å². The minimum atomic E-state index is -0.451. The van der Waals surface area contributed by atoms with Crippen LogP contribution < -0.4 is 0 Å². The van der Waals surface area contributed by atoms with Crippen LogP contribution in [0.15, 0.2) is 16.5 Å². The highest BCUT2D eigenvalue weighted by molar-refractivity contribution is 5.86. The summed E-state index contributed by atoms with van der Waals surface area (Å²) >= 11 is 0. The molecule has 1 aliphatic rings. The molecule has 1 aromatic rings. The fourth-order valence-electron chi connectivity index (χ4n) is 2.52. The molecular formula is C15H22O4. The Kier molecular flexibility index (Phi) is 5.02. The van der Waals surface area contributed by atoms with Gasteiger partial charge in [0.25, 0.3) is 0 Å². The van der Waals surface area contributed by atoms with Crippen molar-refractivity contribution in [3.63, 3.8) is 0 Å². The molecule has 0 saturated heterocycles. The lowest BCUT2D eigenvalue weighted by Gasteiger charge is -2.19. The largest absolute Gasteiger partial charge is 0.463 e. The SMILES string of the molecule is COC(=O)c1ccc(C(C)OC2CCCCCC2)o1. The molecule has 1 fully saturated rings. The van der Waals surface area contributed by atoms with Crippen molar-refractivity contribution in [1.82, 2.24) is 0 Å². The van der Waals surface area contributed by atoms with Gasteiger partial charge in [0.05, 0.1) is 13.2 Å². The van der Waals surface area contributed by atoms with Crippen LogP contribution in [-0.4, -0.2) is 19.2 Å². The molecule has 1 unspecified atom stereocenters. The van der Waals surface area contributed by atoms with Gasteiger partial charge in [-0.05, 0) is 31.9 Å². The summed E-state index contributed by atoms with van der Waals surface area (Å²) < 4.78 is 16.1. The van der Waals surface area contributed by atoms with Crippen molar-refractivity contribution in [2.75, 3.05) is 7.11 Å². The van der Waals surface area contributed by atoms with Crippen molar-refractivity contribution in [3.8, 4) is 0 Å². The Labute approximate surface area is 114 Å². The summed E-state index contributed by atoms with van der Waals surface area (Å²) in [7, 11) is 1.34. The van der Waals surface area contributed by atoms with Crippen LogP contribution in [0, 0.1) is 0 Å². The van der Waals surface area contributed by atoms with Gasteiger partial charge < -0.3 is 13.9 Å². The molecule has 106 valence electrons. The predicted molar refractivity (Wildman–Crippen MR) is 71.0 cm³/mol. The molecule has 2 rings (SSSR count). The molecule has 0 aromatic carbocycles. The number of hydrogen-bond acceptors (Lipinski definition) is 4. The minimum Gasteiger partial charge on any atom is -0.463 e. The molecular weight excluding hydrogens is 244 g/mol. The zero-order chi connectivity index (χ0) is 13.7. The first-order chi connectivity index (χ1) is 9.20. The molecule has 1 aromatic heterocycles. The number of methoxy groups -OCH3 is 1. The van der Waals surface area contributed by atoms with E-state index in [0.29, 0.717) is 11.9 Å². The van der Waals surface area contributed by atoms with Gasteiger partial charge in [0.2, 0.25) is 5.76 Å². The van der Waals surface area contributed by atoms with Crippen molar-refractivity contribution >= 4 is 5.97 Å². The van der Waals surface area contributed by atoms with Crippen LogP contribution in [0.3, 0.4) is 0 Å². The Morgan fingerprint density at radius 1 is 1.26 bits per heavy atom. The van der Waals surface area contributed by atoms with Crippen LogP contribution in [0.4, 0.5) is 0 Å². The van der Waals surface area contributed by atoms with Gasteiger partial charge in [0.15, 0.2) is 0 Å². The Bertz CT molecular complexity index is 402. The predicted octanol–water partition coefficient (Wildman–Crippen LogP) is 3.87. The molecule has 19 heavy (non-hydrogen) atoms. The lowest BCUT2D eigenvalue weighted by Crippen LogP contribution is -2.14. The van der Waals surface area contributed by atoms with Crippen molar-refractivity contribution in [3.05, 3.63) is 23.7 Å². The molecule has 1 aliphatic carbocycles. The number of rotatable bonds is 4. The number of carbonyl (C=O) groups is 1. The van der Waals surface area contributed by atoms with Gasteiger partial charge in [0, 0.05) is 0 Å². The first kappa shape index (κ1) is 14.1. The lowest BCUT2D eigenvalue weighted by atomic mass is 10.1. The average molecular weight is 266 g/mol. The third kappa shape index (κ3) is 3.83. The second-order valence-corrected chi connectivity index (χ2v) is 5.09. The quantitative estimate of drug-likeness (QED) is 0.613. The highest BCUT2D eigenvalue weighted by atomic mass is 16.5. The van der Waals surface area contributed by atoms with Crippen molar-refractivity contribution in [2.45, 2.75) is 57.7 Å². The van der Waals surface area contributed by atoms with Crippen LogP contribution in [0.5, 0.6) is 0 Å². The Morgan fingerprint density at radius 3 is 2.58 bits per heavy atom. The zero-order valence-corrected chi connectivity index (χ0v) is 11.7. The third-order valence-electron chi connectivity index (χ3n) is 3.61. The van der Waals surface area contributed by atoms with Gasteiger partial charge in [-0.25, -0.2) is 4.79 Å². The molecule has 0 N–H and O–H groups in total. The van der Waals surface area contributed by atoms with E-state index < -0.39 is 5.97 Å². The summed E-state index contributed by atoms with van der Waals surface area (Å²) in [4.78, 5) is 11.3. The lowest BCUT2D eigenvalue weighted by molar-refractivity contribution is -0.0216. The van der Waals surface area contributed by atoms with Crippen LogP contribution in [0.25, 0.3) is 0 Å². The Morgan fingerprint density at radius 2 is 1.95 bits per heavy atom. The van der Waals surface area contributed by atoms with Gasteiger partial charge >= 0.3 is 5.97 Å². The maximum Gasteiger partial charge on any atom is 0.373 e. The molecule has 0 spiro atoms. The molecule has 4 nitrogen and oxygen atoms in total. The summed E-state index contributed by atoms with van der Waals surface area (Å²) in [5.41, 5.74) is 0. The molecule has 0 aliphatic heterocycles. The normalized spacial score (nSPS) is 18.8. The van der Waals surface area contributed by atoms with Crippen molar-refractivity contribution in [1.29, 1.82) is 0 Å². The van der Waals surface area contributed by atoms with Crippen molar-refractivity contribution < 1.29 is 18.7 Å². The highest BCUT2D eigenvalue weighted by Crippen LogP contribution is 2.27. The first-order valence-electron chi connectivity index (χ1n) is 7.04. The van der Waals surface area contributed by atoms with E-state index >= 15 is 0 Å². The van der Waals surface area contributed by atoms with Crippen LogP contribution in [0.2, 0.25) is 0 Å². The van der Waals surface area contributed by atoms with E-state index in [0.717, 1.165) is 12.8 Å². The fourth-order valence-corrected chi connectivity index (χ4v) is 2.52. The first-order valence-corrected chi connectivity index (χ1v) is 7.04.